The minimum absolute atomic E-state index is 0.0271. The molecule has 0 aliphatic heterocycles. The molecular formula is C13H19BrN2O3S. The van der Waals surface area contributed by atoms with Crippen LogP contribution in [0.5, 0.6) is 0 Å². The van der Waals surface area contributed by atoms with E-state index in [1.807, 2.05) is 18.4 Å². The Morgan fingerprint density at radius 1 is 1.55 bits per heavy atom. The minimum atomic E-state index is -0.831. The Kier molecular flexibility index (Phi) is 7.01. The highest BCUT2D eigenvalue weighted by Crippen LogP contribution is 2.20. The minimum Gasteiger partial charge on any atom is -0.481 e. The van der Waals surface area contributed by atoms with Gasteiger partial charge >= 0.3 is 12.0 Å². The van der Waals surface area contributed by atoms with Crippen LogP contribution >= 0.6 is 27.3 Å². The number of carboxylic acid groups (broad SMARTS) is 1. The molecule has 2 N–H and O–H groups in total. The third-order valence-electron chi connectivity index (χ3n) is 2.94. The Hall–Kier alpha value is -1.08. The molecule has 0 saturated heterocycles. The van der Waals surface area contributed by atoms with Crippen LogP contribution < -0.4 is 5.32 Å². The maximum atomic E-state index is 11.9. The number of hydrogen-bond acceptors (Lipinski definition) is 3. The number of thiophene rings is 1. The molecule has 5 nitrogen and oxygen atoms in total. The molecule has 1 rings (SSSR count). The van der Waals surface area contributed by atoms with Crippen molar-refractivity contribution in [2.75, 3.05) is 13.6 Å². The molecule has 20 heavy (non-hydrogen) atoms. The SMILES string of the molecule is CCC(CNC(=O)N(C)Cc1cc(Br)cs1)CC(=O)O. The lowest BCUT2D eigenvalue weighted by Crippen LogP contribution is -2.39. The first-order valence-electron chi connectivity index (χ1n) is 6.36. The Bertz CT molecular complexity index is 464. The lowest BCUT2D eigenvalue weighted by molar-refractivity contribution is -0.138. The molecule has 0 aromatic carbocycles. The van der Waals surface area contributed by atoms with Crippen molar-refractivity contribution in [1.82, 2.24) is 10.2 Å². The van der Waals surface area contributed by atoms with Crippen LogP contribution in [0.15, 0.2) is 15.9 Å². The first-order chi connectivity index (χ1) is 9.42. The number of amides is 2. The highest BCUT2D eigenvalue weighted by Gasteiger charge is 2.15. The van der Waals surface area contributed by atoms with E-state index in [9.17, 15) is 9.59 Å². The van der Waals surface area contributed by atoms with Crippen LogP contribution in [0.2, 0.25) is 0 Å². The summed E-state index contributed by atoms with van der Waals surface area (Å²) in [4.78, 5) is 25.3. The van der Waals surface area contributed by atoms with Gasteiger partial charge in [0.25, 0.3) is 0 Å². The van der Waals surface area contributed by atoms with Crippen LogP contribution in [0.3, 0.4) is 0 Å². The van der Waals surface area contributed by atoms with E-state index in [0.717, 1.165) is 15.8 Å². The van der Waals surface area contributed by atoms with Crippen molar-refractivity contribution in [3.8, 4) is 0 Å². The number of hydrogen-bond donors (Lipinski definition) is 2. The molecule has 2 amide bonds. The lowest BCUT2D eigenvalue weighted by atomic mass is 10.0. The molecule has 1 aromatic rings. The summed E-state index contributed by atoms with van der Waals surface area (Å²) in [7, 11) is 1.72. The van der Waals surface area contributed by atoms with Gasteiger partial charge < -0.3 is 15.3 Å². The number of carbonyl (C=O) groups is 2. The van der Waals surface area contributed by atoms with Gasteiger partial charge in [-0.15, -0.1) is 11.3 Å². The van der Waals surface area contributed by atoms with Gasteiger partial charge in [-0.1, -0.05) is 13.3 Å². The second kappa shape index (κ2) is 8.26. The lowest BCUT2D eigenvalue weighted by Gasteiger charge is -2.19. The molecule has 1 atom stereocenters. The van der Waals surface area contributed by atoms with Crippen molar-refractivity contribution >= 4 is 39.3 Å². The summed E-state index contributed by atoms with van der Waals surface area (Å²) in [6.45, 7) is 2.85. The van der Waals surface area contributed by atoms with Crippen molar-refractivity contribution in [3.05, 3.63) is 20.8 Å². The molecule has 0 saturated carbocycles. The van der Waals surface area contributed by atoms with Crippen molar-refractivity contribution in [2.45, 2.75) is 26.3 Å². The first kappa shape index (κ1) is 17.0. The fourth-order valence-corrected chi connectivity index (χ4v) is 3.22. The predicted molar refractivity (Wildman–Crippen MR) is 82.9 cm³/mol. The predicted octanol–water partition coefficient (Wildman–Crippen LogP) is 3.15. The van der Waals surface area contributed by atoms with Crippen LogP contribution in [0.4, 0.5) is 4.79 Å². The number of urea groups is 1. The van der Waals surface area contributed by atoms with Gasteiger partial charge in [-0.2, -0.15) is 0 Å². The average molecular weight is 363 g/mol. The summed E-state index contributed by atoms with van der Waals surface area (Å²) in [5.74, 6) is -0.858. The topological polar surface area (TPSA) is 69.6 Å². The summed E-state index contributed by atoms with van der Waals surface area (Å²) in [5, 5.41) is 13.5. The fourth-order valence-electron chi connectivity index (χ4n) is 1.72. The van der Waals surface area contributed by atoms with Gasteiger partial charge in [-0.05, 0) is 27.9 Å². The van der Waals surface area contributed by atoms with Crippen LogP contribution in [-0.4, -0.2) is 35.6 Å². The van der Waals surface area contributed by atoms with Crippen molar-refractivity contribution < 1.29 is 14.7 Å². The fraction of sp³-hybridized carbons (Fsp3) is 0.538. The summed E-state index contributed by atoms with van der Waals surface area (Å²) in [6.07, 6.45) is 0.812. The Morgan fingerprint density at radius 3 is 2.75 bits per heavy atom. The molecule has 7 heteroatoms. The molecule has 0 fully saturated rings. The summed E-state index contributed by atoms with van der Waals surface area (Å²) in [5.41, 5.74) is 0. The Balaban J connectivity index is 2.39. The number of rotatable bonds is 7. The molecule has 0 radical (unpaired) electrons. The number of carbonyl (C=O) groups excluding carboxylic acids is 1. The molecule has 1 unspecified atom stereocenters. The zero-order chi connectivity index (χ0) is 15.1. The largest absolute Gasteiger partial charge is 0.481 e. The maximum Gasteiger partial charge on any atom is 0.317 e. The standard InChI is InChI=1S/C13H19BrN2O3S/c1-3-9(4-12(17)18)6-15-13(19)16(2)7-11-5-10(14)8-20-11/h5,8-9H,3-4,6-7H2,1-2H3,(H,15,19)(H,17,18). The van der Waals surface area contributed by atoms with E-state index in [-0.39, 0.29) is 18.4 Å². The normalized spacial score (nSPS) is 11.9. The molecule has 112 valence electrons. The quantitative estimate of drug-likeness (QED) is 0.782. The van der Waals surface area contributed by atoms with E-state index < -0.39 is 5.97 Å². The van der Waals surface area contributed by atoms with Gasteiger partial charge in [0.05, 0.1) is 6.54 Å². The molecule has 0 spiro atoms. The molecule has 0 bridgehead atoms. The van der Waals surface area contributed by atoms with E-state index in [2.05, 4.69) is 21.2 Å². The molecule has 1 aromatic heterocycles. The Labute approximate surface area is 131 Å². The van der Waals surface area contributed by atoms with Gasteiger partial charge in [-0.25, -0.2) is 4.79 Å². The van der Waals surface area contributed by atoms with Gasteiger partial charge in [0.15, 0.2) is 0 Å². The smallest absolute Gasteiger partial charge is 0.317 e. The van der Waals surface area contributed by atoms with E-state index in [0.29, 0.717) is 13.1 Å². The van der Waals surface area contributed by atoms with E-state index in [1.54, 1.807) is 23.3 Å². The van der Waals surface area contributed by atoms with Crippen molar-refractivity contribution in [3.63, 3.8) is 0 Å². The van der Waals surface area contributed by atoms with E-state index >= 15 is 0 Å². The summed E-state index contributed by atoms with van der Waals surface area (Å²) in [6, 6.07) is 1.80. The van der Waals surface area contributed by atoms with Crippen molar-refractivity contribution in [2.24, 2.45) is 5.92 Å². The third-order valence-corrected chi connectivity index (χ3v) is 4.63. The van der Waals surface area contributed by atoms with Crippen LogP contribution in [0, 0.1) is 5.92 Å². The number of aliphatic carboxylic acids is 1. The average Bonchev–Trinajstić information content (AvgIpc) is 2.78. The van der Waals surface area contributed by atoms with Gasteiger partial charge in [-0.3, -0.25) is 4.79 Å². The number of carboxylic acids is 1. The van der Waals surface area contributed by atoms with Gasteiger partial charge in [0.1, 0.15) is 0 Å². The van der Waals surface area contributed by atoms with Crippen LogP contribution in [0.1, 0.15) is 24.6 Å². The third kappa shape index (κ3) is 5.92. The molecule has 0 aliphatic carbocycles. The number of halogens is 1. The highest BCUT2D eigenvalue weighted by molar-refractivity contribution is 9.10. The van der Waals surface area contributed by atoms with E-state index in [4.69, 9.17) is 5.11 Å². The number of nitrogens with zero attached hydrogens (tertiary/aromatic N) is 1. The van der Waals surface area contributed by atoms with Gasteiger partial charge in [0.2, 0.25) is 0 Å². The van der Waals surface area contributed by atoms with E-state index in [1.165, 1.54) is 0 Å². The molecule has 1 heterocycles. The molecular weight excluding hydrogens is 344 g/mol. The first-order valence-corrected chi connectivity index (χ1v) is 8.03. The highest BCUT2D eigenvalue weighted by atomic mass is 79.9. The molecule has 0 aliphatic rings. The Morgan fingerprint density at radius 2 is 2.25 bits per heavy atom. The zero-order valence-electron chi connectivity index (χ0n) is 11.6. The number of nitrogens with one attached hydrogen (secondary N) is 1. The summed E-state index contributed by atoms with van der Waals surface area (Å²) < 4.78 is 1.01. The maximum absolute atomic E-state index is 11.9. The zero-order valence-corrected chi connectivity index (χ0v) is 14.0. The second-order valence-corrected chi connectivity index (χ2v) is 6.56. The second-order valence-electron chi connectivity index (χ2n) is 4.65. The summed E-state index contributed by atoms with van der Waals surface area (Å²) >= 11 is 4.96. The van der Waals surface area contributed by atoms with Crippen LogP contribution in [0.25, 0.3) is 0 Å². The van der Waals surface area contributed by atoms with Crippen molar-refractivity contribution in [1.29, 1.82) is 0 Å². The monoisotopic (exact) mass is 362 g/mol. The van der Waals surface area contributed by atoms with Crippen LogP contribution in [-0.2, 0) is 11.3 Å². The van der Waals surface area contributed by atoms with Gasteiger partial charge in [0, 0.05) is 34.7 Å².